The molecule has 0 amide bonds. The molecule has 0 aliphatic heterocycles. The molecule has 4 aromatic rings. The Bertz CT molecular complexity index is 2450. The van der Waals surface area contributed by atoms with Gasteiger partial charge in [0, 0.05) is 86.3 Å². The Hall–Kier alpha value is -5.83. The largest absolute Gasteiger partial charge is 0.379 e. The van der Waals surface area contributed by atoms with Crippen molar-refractivity contribution in [3.8, 4) is 0 Å². The minimum absolute atomic E-state index is 0.0402. The molecule has 3 N–H and O–H groups in total. The van der Waals surface area contributed by atoms with Gasteiger partial charge in [0.15, 0.2) is 0 Å². The smallest absolute Gasteiger partial charge is 0.261 e. The number of azide groups is 2. The van der Waals surface area contributed by atoms with E-state index in [2.05, 4.69) is 45.2 Å². The second-order valence-electron chi connectivity index (χ2n) is 14.4. The van der Waals surface area contributed by atoms with Gasteiger partial charge in [-0.25, -0.2) is 21.6 Å². The second kappa shape index (κ2) is 37.0. The Kier molecular flexibility index (Phi) is 32.0. The molecule has 0 radical (unpaired) electrons. The lowest BCUT2D eigenvalue weighted by Gasteiger charge is -2.11. The minimum Gasteiger partial charge on any atom is -0.379 e. The number of anilines is 2. The summed E-state index contributed by atoms with van der Waals surface area (Å²) in [6.45, 7) is 6.45. The Balaban J connectivity index is 0.000000406. The average Bonchev–Trinajstić information content (AvgIpc) is 3.36. The van der Waals surface area contributed by atoms with Crippen LogP contribution >= 0.6 is 10.7 Å². The maximum atomic E-state index is 12.4. The predicted octanol–water partition coefficient (Wildman–Crippen LogP) is 8.21. The SMILES string of the molecule is CN(C)c1ccc(N=Nc2ccc(S(=O)(=O)Cl)cc2)cc1.CN(C)c1ccc(N=Nc2ccc(S(=O)(=O)NCCOCCOCCOCCN=[N+]=[N-])cc2)cc1.[N-]=[N+]=NCCOCCOCCOCCN. The Labute approximate surface area is 419 Å². The number of ether oxygens (including phenoxy) is 6. The van der Waals surface area contributed by atoms with Crippen LogP contribution in [-0.4, -0.2) is 150 Å². The van der Waals surface area contributed by atoms with Gasteiger partial charge in [-0.3, -0.25) is 0 Å². The topological polar surface area (TPSA) is 315 Å². The van der Waals surface area contributed by atoms with Crippen LogP contribution < -0.4 is 20.3 Å². The van der Waals surface area contributed by atoms with E-state index in [1.807, 2.05) is 86.5 Å². The molecule has 27 heteroatoms. The van der Waals surface area contributed by atoms with E-state index in [0.29, 0.717) is 103 Å². The lowest BCUT2D eigenvalue weighted by atomic mass is 10.3. The van der Waals surface area contributed by atoms with E-state index in [9.17, 15) is 16.8 Å². The fraction of sp³-hybridized carbons (Fsp3) is 0.455. The number of benzene rings is 4. The first-order chi connectivity index (χ1) is 34.2. The summed E-state index contributed by atoms with van der Waals surface area (Å²) in [6.07, 6.45) is 0. The summed E-state index contributed by atoms with van der Waals surface area (Å²) in [5, 5.41) is 23.1. The highest BCUT2D eigenvalue weighted by atomic mass is 35.7. The minimum atomic E-state index is -3.70. The molecule has 388 valence electrons. The summed E-state index contributed by atoms with van der Waals surface area (Å²) < 4.78 is 80.8. The number of hydrogen-bond donors (Lipinski definition) is 2. The summed E-state index contributed by atoms with van der Waals surface area (Å²) >= 11 is 0. The van der Waals surface area contributed by atoms with Gasteiger partial charge in [-0.2, -0.15) is 20.5 Å². The van der Waals surface area contributed by atoms with Gasteiger partial charge in [0.05, 0.1) is 112 Å². The van der Waals surface area contributed by atoms with Crippen molar-refractivity contribution in [2.75, 3.05) is 143 Å². The Morgan fingerprint density at radius 2 is 0.803 bits per heavy atom. The third-order valence-corrected chi connectivity index (χ3v) is 11.5. The van der Waals surface area contributed by atoms with Crippen molar-refractivity contribution in [2.45, 2.75) is 9.79 Å². The van der Waals surface area contributed by atoms with Gasteiger partial charge >= 0.3 is 0 Å². The molecule has 0 aromatic heterocycles. The van der Waals surface area contributed by atoms with E-state index >= 15 is 0 Å². The van der Waals surface area contributed by atoms with Crippen LogP contribution in [0.15, 0.2) is 138 Å². The van der Waals surface area contributed by atoms with Crippen LogP contribution in [0.1, 0.15) is 0 Å². The molecule has 0 aliphatic rings. The highest BCUT2D eigenvalue weighted by Crippen LogP contribution is 2.24. The molecular formula is C44H63ClN14O10S2. The molecule has 0 atom stereocenters. The van der Waals surface area contributed by atoms with Crippen molar-refractivity contribution in [2.24, 2.45) is 36.4 Å². The highest BCUT2D eigenvalue weighted by molar-refractivity contribution is 8.13. The zero-order valence-electron chi connectivity index (χ0n) is 40.3. The van der Waals surface area contributed by atoms with Crippen LogP contribution in [0, 0.1) is 0 Å². The van der Waals surface area contributed by atoms with Crippen LogP contribution in [0.25, 0.3) is 20.9 Å². The molecule has 24 nitrogen and oxygen atoms in total. The molecule has 0 fully saturated rings. The van der Waals surface area contributed by atoms with Crippen molar-refractivity contribution in [3.05, 3.63) is 118 Å². The Morgan fingerprint density at radius 3 is 1.13 bits per heavy atom. The molecule has 0 unspecified atom stereocenters. The van der Waals surface area contributed by atoms with Gasteiger partial charge < -0.3 is 44.0 Å². The van der Waals surface area contributed by atoms with Crippen LogP contribution in [0.5, 0.6) is 0 Å². The van der Waals surface area contributed by atoms with Crippen LogP contribution in [0.2, 0.25) is 0 Å². The van der Waals surface area contributed by atoms with Gasteiger partial charge in [0.2, 0.25) is 10.0 Å². The van der Waals surface area contributed by atoms with E-state index in [0.717, 1.165) is 17.1 Å². The summed E-state index contributed by atoms with van der Waals surface area (Å²) in [7, 11) is 5.72. The van der Waals surface area contributed by atoms with E-state index in [4.69, 9.17) is 55.9 Å². The van der Waals surface area contributed by atoms with Crippen molar-refractivity contribution >= 4 is 63.9 Å². The molecule has 0 saturated carbocycles. The number of nitrogens with zero attached hydrogens (tertiary/aromatic N) is 12. The summed E-state index contributed by atoms with van der Waals surface area (Å²) in [6, 6.07) is 27.3. The number of hydrogen-bond acceptors (Lipinski definition) is 19. The van der Waals surface area contributed by atoms with E-state index < -0.39 is 19.1 Å². The predicted molar refractivity (Wildman–Crippen MR) is 273 cm³/mol. The zero-order valence-corrected chi connectivity index (χ0v) is 42.7. The first-order valence-corrected chi connectivity index (χ1v) is 25.7. The van der Waals surface area contributed by atoms with Gasteiger partial charge in [-0.15, -0.1) is 0 Å². The molecule has 0 bridgehead atoms. The maximum Gasteiger partial charge on any atom is 0.261 e. The second-order valence-corrected chi connectivity index (χ2v) is 18.7. The average molecular weight is 1050 g/mol. The van der Waals surface area contributed by atoms with Crippen molar-refractivity contribution in [1.82, 2.24) is 4.72 Å². The van der Waals surface area contributed by atoms with Gasteiger partial charge in [-0.05, 0) is 108 Å². The van der Waals surface area contributed by atoms with Crippen LogP contribution in [-0.2, 0) is 47.5 Å². The van der Waals surface area contributed by atoms with Gasteiger partial charge in [0.1, 0.15) is 0 Å². The number of azo groups is 2. The number of nitrogens with one attached hydrogen (secondary N) is 1. The van der Waals surface area contributed by atoms with E-state index in [1.54, 1.807) is 24.3 Å². The fourth-order valence-electron chi connectivity index (χ4n) is 5.03. The number of rotatable bonds is 32. The fourth-order valence-corrected chi connectivity index (χ4v) is 6.81. The molecule has 0 spiro atoms. The van der Waals surface area contributed by atoms with Crippen molar-refractivity contribution in [3.63, 3.8) is 0 Å². The maximum absolute atomic E-state index is 12.4. The molecule has 0 saturated heterocycles. The number of sulfonamides is 1. The van der Waals surface area contributed by atoms with E-state index in [1.165, 1.54) is 24.3 Å². The quantitative estimate of drug-likeness (QED) is 0.0153. The third kappa shape index (κ3) is 29.2. The molecule has 71 heavy (non-hydrogen) atoms. The molecule has 4 rings (SSSR count). The van der Waals surface area contributed by atoms with Crippen LogP contribution in [0.3, 0.4) is 0 Å². The molecular weight excluding hydrogens is 984 g/mol. The third-order valence-electron chi connectivity index (χ3n) is 8.65. The Morgan fingerprint density at radius 1 is 0.493 bits per heavy atom. The normalized spacial score (nSPS) is 11.2. The molecule has 0 heterocycles. The van der Waals surface area contributed by atoms with Crippen molar-refractivity contribution < 1.29 is 45.3 Å². The first kappa shape index (κ1) is 61.3. The molecule has 4 aromatic carbocycles. The summed E-state index contributed by atoms with van der Waals surface area (Å²) in [4.78, 5) is 9.38. The monoisotopic (exact) mass is 1050 g/mol. The summed E-state index contributed by atoms with van der Waals surface area (Å²) in [5.74, 6) is 0. The highest BCUT2D eigenvalue weighted by Gasteiger charge is 2.13. The summed E-state index contributed by atoms with van der Waals surface area (Å²) in [5.41, 5.74) is 26.0. The first-order valence-electron chi connectivity index (χ1n) is 21.9. The number of halogens is 1. The zero-order chi connectivity index (χ0) is 52.0. The van der Waals surface area contributed by atoms with Crippen molar-refractivity contribution in [1.29, 1.82) is 0 Å². The van der Waals surface area contributed by atoms with E-state index in [-0.39, 0.29) is 29.5 Å². The lowest BCUT2D eigenvalue weighted by Crippen LogP contribution is -2.27. The standard InChI is InChI=1S/C22H31N7O5S.C14H14ClN3O2S.C8H18N4O3/c1-29(2)21-7-3-19(4-8-21)26-27-20-5-9-22(10-6-20)35(30,31)25-12-14-33-16-18-34-17-15-32-13-11-24-28-23;1-18(2)13-7-3-11(4-8-13)16-17-12-5-9-14(10-6-12)21(15,19)20;9-1-3-13-5-7-15-8-6-14-4-2-11-12-10/h3-10,25H,11-18H2,1-2H3;3-10H,1-2H3;1-9H2. The number of nitrogens with two attached hydrogens (primary N) is 1. The lowest BCUT2D eigenvalue weighted by molar-refractivity contribution is 0.0171. The van der Waals surface area contributed by atoms with Gasteiger partial charge in [0.25, 0.3) is 9.05 Å². The molecule has 0 aliphatic carbocycles. The van der Waals surface area contributed by atoms with Crippen LogP contribution in [0.4, 0.5) is 34.1 Å². The van der Waals surface area contributed by atoms with Gasteiger partial charge in [-0.1, -0.05) is 10.2 Å².